The summed E-state index contributed by atoms with van der Waals surface area (Å²) in [5.41, 5.74) is 3.75. The quantitative estimate of drug-likeness (QED) is 0.661. The minimum atomic E-state index is 0.514. The second kappa shape index (κ2) is 5.17. The number of hydrogen-bond acceptors (Lipinski definition) is 3. The van der Waals surface area contributed by atoms with Crippen LogP contribution in [0.15, 0.2) is 36.5 Å². The number of pyridine rings is 1. The van der Waals surface area contributed by atoms with Crippen LogP contribution in [0.5, 0.6) is 0 Å². The van der Waals surface area contributed by atoms with Gasteiger partial charge in [-0.25, -0.2) is 9.97 Å². The molecule has 3 nitrogen and oxygen atoms in total. The predicted octanol–water partition coefficient (Wildman–Crippen LogP) is 4.22. The third kappa shape index (κ3) is 2.14. The molecule has 2 heterocycles. The van der Waals surface area contributed by atoms with Crippen molar-refractivity contribution in [3.63, 3.8) is 0 Å². The van der Waals surface area contributed by atoms with E-state index < -0.39 is 0 Å². The van der Waals surface area contributed by atoms with Crippen molar-refractivity contribution in [2.24, 2.45) is 0 Å². The zero-order valence-electron chi connectivity index (χ0n) is 11.4. The summed E-state index contributed by atoms with van der Waals surface area (Å²) < 4.78 is 0. The molecule has 0 bridgehead atoms. The SMILES string of the molecule is CCc1nc(-c2cccc3cccnc23)nc(Cl)c1C. The summed E-state index contributed by atoms with van der Waals surface area (Å²) in [5, 5.41) is 1.59. The molecule has 0 aliphatic carbocycles. The molecule has 0 N–H and O–H groups in total. The van der Waals surface area contributed by atoms with Crippen molar-refractivity contribution >= 4 is 22.5 Å². The van der Waals surface area contributed by atoms with E-state index in [4.69, 9.17) is 11.6 Å². The molecule has 2 aromatic heterocycles. The van der Waals surface area contributed by atoms with Gasteiger partial charge < -0.3 is 0 Å². The lowest BCUT2D eigenvalue weighted by Gasteiger charge is -2.09. The number of rotatable bonds is 2. The predicted molar refractivity (Wildman–Crippen MR) is 81.9 cm³/mol. The van der Waals surface area contributed by atoms with Gasteiger partial charge in [0.25, 0.3) is 0 Å². The molecule has 0 aliphatic rings. The number of aromatic nitrogens is 3. The van der Waals surface area contributed by atoms with Crippen LogP contribution >= 0.6 is 11.6 Å². The van der Waals surface area contributed by atoms with E-state index in [9.17, 15) is 0 Å². The van der Waals surface area contributed by atoms with Gasteiger partial charge in [0.05, 0.1) is 5.52 Å². The number of benzene rings is 1. The Hall–Kier alpha value is -2.00. The van der Waals surface area contributed by atoms with Crippen molar-refractivity contribution in [3.8, 4) is 11.4 Å². The average Bonchev–Trinajstić information content (AvgIpc) is 2.49. The van der Waals surface area contributed by atoms with Crippen molar-refractivity contribution in [1.82, 2.24) is 15.0 Å². The summed E-state index contributed by atoms with van der Waals surface area (Å²) in [6, 6.07) is 9.95. The molecule has 20 heavy (non-hydrogen) atoms. The van der Waals surface area contributed by atoms with Crippen molar-refractivity contribution in [1.29, 1.82) is 0 Å². The van der Waals surface area contributed by atoms with Crippen LogP contribution < -0.4 is 0 Å². The Morgan fingerprint density at radius 2 is 1.90 bits per heavy atom. The lowest BCUT2D eigenvalue weighted by atomic mass is 10.1. The molecule has 0 radical (unpaired) electrons. The van der Waals surface area contributed by atoms with Crippen LogP contribution in [0.2, 0.25) is 5.15 Å². The van der Waals surface area contributed by atoms with E-state index in [0.717, 1.165) is 34.1 Å². The molecule has 4 heteroatoms. The number of nitrogens with zero attached hydrogens (tertiary/aromatic N) is 3. The Labute approximate surface area is 122 Å². The molecule has 3 aromatic rings. The van der Waals surface area contributed by atoms with Crippen LogP contribution in [0, 0.1) is 6.92 Å². The Morgan fingerprint density at radius 3 is 2.70 bits per heavy atom. The van der Waals surface area contributed by atoms with Gasteiger partial charge in [-0.05, 0) is 25.5 Å². The number of hydrogen-bond donors (Lipinski definition) is 0. The first-order chi connectivity index (χ1) is 9.70. The van der Waals surface area contributed by atoms with Gasteiger partial charge in [-0.15, -0.1) is 0 Å². The highest BCUT2D eigenvalue weighted by atomic mass is 35.5. The van der Waals surface area contributed by atoms with Gasteiger partial charge in [0.1, 0.15) is 5.15 Å². The lowest BCUT2D eigenvalue weighted by molar-refractivity contribution is 0.977. The standard InChI is InChI=1S/C16H14ClN3/c1-3-13-10(2)15(17)20-16(19-13)12-8-4-6-11-7-5-9-18-14(11)12/h4-9H,3H2,1-2H3. The Bertz CT molecular complexity index is 779. The molecule has 0 atom stereocenters. The topological polar surface area (TPSA) is 38.7 Å². The molecule has 3 rings (SSSR count). The largest absolute Gasteiger partial charge is 0.255 e. The highest BCUT2D eigenvalue weighted by molar-refractivity contribution is 6.30. The summed E-state index contributed by atoms with van der Waals surface area (Å²) in [7, 11) is 0. The maximum Gasteiger partial charge on any atom is 0.163 e. The molecule has 0 unspecified atom stereocenters. The van der Waals surface area contributed by atoms with Gasteiger partial charge in [0, 0.05) is 28.4 Å². The molecule has 0 aliphatic heterocycles. The third-order valence-corrected chi connectivity index (χ3v) is 3.76. The minimum Gasteiger partial charge on any atom is -0.255 e. The third-order valence-electron chi connectivity index (χ3n) is 3.40. The number of fused-ring (bicyclic) bond motifs is 1. The van der Waals surface area contributed by atoms with Gasteiger partial charge >= 0.3 is 0 Å². The number of para-hydroxylation sites is 1. The number of aryl methyl sites for hydroxylation is 1. The maximum atomic E-state index is 6.23. The Balaban J connectivity index is 2.28. The molecule has 100 valence electrons. The van der Waals surface area contributed by atoms with E-state index in [1.54, 1.807) is 6.20 Å². The average molecular weight is 284 g/mol. The van der Waals surface area contributed by atoms with Gasteiger partial charge in [0.15, 0.2) is 5.82 Å². The second-order valence-electron chi connectivity index (χ2n) is 4.64. The fourth-order valence-corrected chi connectivity index (χ4v) is 2.47. The normalized spacial score (nSPS) is 10.9. The van der Waals surface area contributed by atoms with E-state index in [1.807, 2.05) is 37.3 Å². The fraction of sp³-hybridized carbons (Fsp3) is 0.188. The monoisotopic (exact) mass is 283 g/mol. The molecular weight excluding hydrogens is 270 g/mol. The zero-order chi connectivity index (χ0) is 14.1. The van der Waals surface area contributed by atoms with Crippen LogP contribution in [0.25, 0.3) is 22.3 Å². The highest BCUT2D eigenvalue weighted by Crippen LogP contribution is 2.27. The first kappa shape index (κ1) is 13.0. The fourth-order valence-electron chi connectivity index (χ4n) is 2.28. The van der Waals surface area contributed by atoms with E-state index in [1.165, 1.54) is 0 Å². The van der Waals surface area contributed by atoms with Crippen LogP contribution in [-0.2, 0) is 6.42 Å². The van der Waals surface area contributed by atoms with Gasteiger partial charge in [-0.1, -0.05) is 36.7 Å². The zero-order valence-corrected chi connectivity index (χ0v) is 12.1. The number of halogens is 1. The van der Waals surface area contributed by atoms with Crippen LogP contribution in [0.1, 0.15) is 18.2 Å². The van der Waals surface area contributed by atoms with Crippen LogP contribution in [-0.4, -0.2) is 15.0 Å². The van der Waals surface area contributed by atoms with Crippen molar-refractivity contribution in [3.05, 3.63) is 52.9 Å². The summed E-state index contributed by atoms with van der Waals surface area (Å²) in [6.45, 7) is 4.02. The van der Waals surface area contributed by atoms with Gasteiger partial charge in [-0.3, -0.25) is 4.98 Å². The molecule has 0 spiro atoms. The summed E-state index contributed by atoms with van der Waals surface area (Å²) in [6.07, 6.45) is 2.61. The Morgan fingerprint density at radius 1 is 1.10 bits per heavy atom. The molecule has 0 saturated carbocycles. The molecule has 1 aromatic carbocycles. The van der Waals surface area contributed by atoms with Crippen molar-refractivity contribution < 1.29 is 0 Å². The highest BCUT2D eigenvalue weighted by Gasteiger charge is 2.12. The summed E-state index contributed by atoms with van der Waals surface area (Å²) in [4.78, 5) is 13.5. The first-order valence-electron chi connectivity index (χ1n) is 6.58. The first-order valence-corrected chi connectivity index (χ1v) is 6.95. The summed E-state index contributed by atoms with van der Waals surface area (Å²) >= 11 is 6.23. The molecular formula is C16H14ClN3. The smallest absolute Gasteiger partial charge is 0.163 e. The molecule has 0 fully saturated rings. The summed E-state index contributed by atoms with van der Waals surface area (Å²) in [5.74, 6) is 0.641. The Kier molecular flexibility index (Phi) is 3.36. The second-order valence-corrected chi connectivity index (χ2v) is 5.00. The van der Waals surface area contributed by atoms with Crippen molar-refractivity contribution in [2.75, 3.05) is 0 Å². The van der Waals surface area contributed by atoms with E-state index >= 15 is 0 Å². The van der Waals surface area contributed by atoms with Gasteiger partial charge in [0.2, 0.25) is 0 Å². The maximum absolute atomic E-state index is 6.23. The van der Waals surface area contributed by atoms with Crippen molar-refractivity contribution in [2.45, 2.75) is 20.3 Å². The molecule has 0 saturated heterocycles. The lowest BCUT2D eigenvalue weighted by Crippen LogP contribution is -2.00. The van der Waals surface area contributed by atoms with E-state index in [2.05, 4.69) is 21.9 Å². The van der Waals surface area contributed by atoms with Gasteiger partial charge in [-0.2, -0.15) is 0 Å². The van der Waals surface area contributed by atoms with Crippen LogP contribution in [0.4, 0.5) is 0 Å². The van der Waals surface area contributed by atoms with E-state index in [0.29, 0.717) is 11.0 Å². The van der Waals surface area contributed by atoms with E-state index in [-0.39, 0.29) is 0 Å². The van der Waals surface area contributed by atoms with Crippen LogP contribution in [0.3, 0.4) is 0 Å². The minimum absolute atomic E-state index is 0.514. The molecule has 0 amide bonds.